The lowest BCUT2D eigenvalue weighted by Gasteiger charge is -2.33. The molecule has 1 aromatic carbocycles. The van der Waals surface area contributed by atoms with Gasteiger partial charge in [0.1, 0.15) is 5.60 Å². The van der Waals surface area contributed by atoms with E-state index < -0.39 is 5.60 Å². The Morgan fingerprint density at radius 2 is 1.96 bits per heavy atom. The van der Waals surface area contributed by atoms with Gasteiger partial charge in [0, 0.05) is 25.7 Å². The van der Waals surface area contributed by atoms with E-state index >= 15 is 0 Å². The second kappa shape index (κ2) is 6.16. The maximum absolute atomic E-state index is 12.2. The molecule has 0 bridgehead atoms. The number of fused-ring (bicyclic) bond motifs is 1. The Balaban J connectivity index is 1.56. The van der Waals surface area contributed by atoms with Gasteiger partial charge in [-0.25, -0.2) is 4.79 Å². The minimum Gasteiger partial charge on any atom is -0.444 e. The Kier molecular flexibility index (Phi) is 4.37. The molecule has 3 rings (SSSR count). The van der Waals surface area contributed by atoms with Crippen LogP contribution in [0.1, 0.15) is 57.2 Å². The third kappa shape index (κ3) is 4.05. The first-order valence-corrected chi connectivity index (χ1v) is 8.62. The van der Waals surface area contributed by atoms with E-state index in [2.05, 4.69) is 30.4 Å². The number of ether oxygens (including phenoxy) is 1. The van der Waals surface area contributed by atoms with Gasteiger partial charge in [0.25, 0.3) is 0 Å². The lowest BCUT2D eigenvalue weighted by atomic mass is 9.82. The smallest absolute Gasteiger partial charge is 0.410 e. The zero-order valence-electron chi connectivity index (χ0n) is 14.7. The molecule has 1 N–H and O–H groups in total. The van der Waals surface area contributed by atoms with E-state index in [-0.39, 0.29) is 6.09 Å². The molecule has 0 radical (unpaired) electrons. The van der Waals surface area contributed by atoms with Gasteiger partial charge in [-0.15, -0.1) is 0 Å². The molecule has 2 aliphatic rings. The van der Waals surface area contributed by atoms with Crippen molar-refractivity contribution in [1.82, 2.24) is 10.2 Å². The van der Waals surface area contributed by atoms with Crippen molar-refractivity contribution in [1.29, 1.82) is 0 Å². The van der Waals surface area contributed by atoms with E-state index in [1.807, 2.05) is 20.8 Å². The van der Waals surface area contributed by atoms with Gasteiger partial charge in [-0.05, 0) is 56.2 Å². The molecule has 1 aliphatic heterocycles. The van der Waals surface area contributed by atoms with Crippen molar-refractivity contribution in [2.24, 2.45) is 5.92 Å². The molecule has 1 saturated carbocycles. The fraction of sp³-hybridized carbons (Fsp3) is 0.632. The predicted molar refractivity (Wildman–Crippen MR) is 90.9 cm³/mol. The third-order valence-electron chi connectivity index (χ3n) is 4.61. The summed E-state index contributed by atoms with van der Waals surface area (Å²) in [4.78, 5) is 14.0. The SMILES string of the molecule is CC1CC(NCc2ccc3c(c2)CN(C(=O)OC(C)(C)C)C3)C1. The number of benzene rings is 1. The molecule has 1 heterocycles. The van der Waals surface area contributed by atoms with E-state index in [9.17, 15) is 4.79 Å². The summed E-state index contributed by atoms with van der Waals surface area (Å²) >= 11 is 0. The van der Waals surface area contributed by atoms with Crippen molar-refractivity contribution in [3.63, 3.8) is 0 Å². The Bertz CT molecular complexity index is 586. The Morgan fingerprint density at radius 1 is 1.26 bits per heavy atom. The summed E-state index contributed by atoms with van der Waals surface area (Å²) in [6.45, 7) is 10.2. The lowest BCUT2D eigenvalue weighted by Crippen LogP contribution is -2.39. The second-order valence-electron chi connectivity index (χ2n) is 8.09. The van der Waals surface area contributed by atoms with Gasteiger partial charge in [0.15, 0.2) is 0 Å². The Labute approximate surface area is 139 Å². The van der Waals surface area contributed by atoms with Crippen LogP contribution in [0, 0.1) is 5.92 Å². The summed E-state index contributed by atoms with van der Waals surface area (Å²) < 4.78 is 5.47. The molecule has 1 fully saturated rings. The van der Waals surface area contributed by atoms with Gasteiger partial charge in [0.05, 0.1) is 0 Å². The van der Waals surface area contributed by atoms with E-state index in [0.717, 1.165) is 12.5 Å². The van der Waals surface area contributed by atoms with Crippen molar-refractivity contribution < 1.29 is 9.53 Å². The second-order valence-corrected chi connectivity index (χ2v) is 8.09. The van der Waals surface area contributed by atoms with Crippen molar-refractivity contribution in [2.75, 3.05) is 0 Å². The van der Waals surface area contributed by atoms with Gasteiger partial charge in [0.2, 0.25) is 0 Å². The average Bonchev–Trinajstić information content (AvgIpc) is 2.83. The molecule has 0 atom stereocenters. The number of hydrogen-bond donors (Lipinski definition) is 1. The summed E-state index contributed by atoms with van der Waals surface area (Å²) in [5.41, 5.74) is 3.34. The first kappa shape index (κ1) is 16.3. The molecule has 1 aliphatic carbocycles. The van der Waals surface area contributed by atoms with E-state index in [4.69, 9.17) is 4.74 Å². The van der Waals surface area contributed by atoms with Gasteiger partial charge in [-0.1, -0.05) is 25.1 Å². The maximum Gasteiger partial charge on any atom is 0.410 e. The first-order chi connectivity index (χ1) is 10.8. The molecule has 1 amide bonds. The number of nitrogens with zero attached hydrogens (tertiary/aromatic N) is 1. The fourth-order valence-corrected chi connectivity index (χ4v) is 3.34. The Morgan fingerprint density at radius 3 is 2.61 bits per heavy atom. The van der Waals surface area contributed by atoms with Crippen LogP contribution in [-0.4, -0.2) is 22.6 Å². The van der Waals surface area contributed by atoms with Gasteiger partial charge < -0.3 is 10.1 Å². The highest BCUT2D eigenvalue weighted by atomic mass is 16.6. The summed E-state index contributed by atoms with van der Waals surface area (Å²) in [5.74, 6) is 0.870. The molecule has 23 heavy (non-hydrogen) atoms. The van der Waals surface area contributed by atoms with Crippen molar-refractivity contribution in [3.8, 4) is 0 Å². The van der Waals surface area contributed by atoms with E-state index in [0.29, 0.717) is 19.1 Å². The number of amides is 1. The third-order valence-corrected chi connectivity index (χ3v) is 4.61. The molecule has 0 saturated heterocycles. The normalized spacial score (nSPS) is 23.4. The molecule has 4 nitrogen and oxygen atoms in total. The highest BCUT2D eigenvalue weighted by Gasteiger charge is 2.28. The molecule has 0 aromatic heterocycles. The highest BCUT2D eigenvalue weighted by molar-refractivity contribution is 5.69. The average molecular weight is 316 g/mol. The number of carbonyl (C=O) groups is 1. The van der Waals surface area contributed by atoms with Crippen LogP contribution in [0.4, 0.5) is 4.79 Å². The van der Waals surface area contributed by atoms with Gasteiger partial charge >= 0.3 is 6.09 Å². The monoisotopic (exact) mass is 316 g/mol. The summed E-state index contributed by atoms with van der Waals surface area (Å²) in [5, 5.41) is 3.62. The maximum atomic E-state index is 12.2. The van der Waals surface area contributed by atoms with Crippen LogP contribution in [0.3, 0.4) is 0 Å². The molecular weight excluding hydrogens is 288 g/mol. The molecule has 126 valence electrons. The van der Waals surface area contributed by atoms with Gasteiger partial charge in [-0.2, -0.15) is 0 Å². The minimum atomic E-state index is -0.444. The lowest BCUT2D eigenvalue weighted by molar-refractivity contribution is 0.0242. The predicted octanol–water partition coefficient (Wildman–Crippen LogP) is 3.83. The molecular formula is C19H28N2O2. The van der Waals surface area contributed by atoms with E-state index in [1.165, 1.54) is 29.5 Å². The van der Waals surface area contributed by atoms with Crippen LogP contribution >= 0.6 is 0 Å². The van der Waals surface area contributed by atoms with Crippen molar-refractivity contribution in [3.05, 3.63) is 34.9 Å². The molecule has 1 aromatic rings. The van der Waals surface area contributed by atoms with Crippen LogP contribution in [0.5, 0.6) is 0 Å². The number of hydrogen-bond acceptors (Lipinski definition) is 3. The van der Waals surface area contributed by atoms with Crippen molar-refractivity contribution >= 4 is 6.09 Å². The van der Waals surface area contributed by atoms with Crippen LogP contribution in [0.25, 0.3) is 0 Å². The fourth-order valence-electron chi connectivity index (χ4n) is 3.34. The Hall–Kier alpha value is -1.55. The van der Waals surface area contributed by atoms with Crippen molar-refractivity contribution in [2.45, 2.75) is 71.8 Å². The molecule has 0 spiro atoms. The topological polar surface area (TPSA) is 41.6 Å². The number of rotatable bonds is 3. The molecule has 0 unspecified atom stereocenters. The summed E-state index contributed by atoms with van der Waals surface area (Å²) in [7, 11) is 0. The quantitative estimate of drug-likeness (QED) is 0.921. The number of carbonyl (C=O) groups excluding carboxylic acids is 1. The zero-order chi connectivity index (χ0) is 16.6. The van der Waals surface area contributed by atoms with Gasteiger partial charge in [-0.3, -0.25) is 4.90 Å². The standard InChI is InChI=1S/C19H28N2O2/c1-13-7-17(8-13)20-10-14-5-6-15-11-21(12-16(15)9-14)18(22)23-19(2,3)4/h5-6,9,13,17,20H,7-8,10-12H2,1-4H3. The van der Waals surface area contributed by atoms with Crippen LogP contribution < -0.4 is 5.32 Å². The highest BCUT2D eigenvalue weighted by Crippen LogP contribution is 2.28. The molecule has 4 heteroatoms. The van der Waals surface area contributed by atoms with Crippen LogP contribution in [0.2, 0.25) is 0 Å². The zero-order valence-corrected chi connectivity index (χ0v) is 14.7. The van der Waals surface area contributed by atoms with E-state index in [1.54, 1.807) is 4.90 Å². The largest absolute Gasteiger partial charge is 0.444 e. The van der Waals surface area contributed by atoms with Crippen LogP contribution in [0.15, 0.2) is 18.2 Å². The number of nitrogens with one attached hydrogen (secondary N) is 1. The van der Waals surface area contributed by atoms with Crippen LogP contribution in [-0.2, 0) is 24.4 Å². The summed E-state index contributed by atoms with van der Waals surface area (Å²) in [6.07, 6.45) is 2.35. The first-order valence-electron chi connectivity index (χ1n) is 8.62. The minimum absolute atomic E-state index is 0.225. The summed E-state index contributed by atoms with van der Waals surface area (Å²) in [6, 6.07) is 7.23.